The summed E-state index contributed by atoms with van der Waals surface area (Å²) < 4.78 is 39.7. The van der Waals surface area contributed by atoms with Gasteiger partial charge in [0.1, 0.15) is 16.5 Å². The van der Waals surface area contributed by atoms with Crippen LogP contribution in [0, 0.1) is 5.92 Å². The van der Waals surface area contributed by atoms with Crippen molar-refractivity contribution in [3.63, 3.8) is 0 Å². The second-order valence-electron chi connectivity index (χ2n) is 9.50. The van der Waals surface area contributed by atoms with Crippen LogP contribution in [0.15, 0.2) is 65.1 Å². The number of aromatic nitrogens is 1. The van der Waals surface area contributed by atoms with Gasteiger partial charge in [-0.05, 0) is 42.6 Å². The molecule has 0 bridgehead atoms. The molecule has 2 aromatic carbocycles. The molecule has 5 rings (SSSR count). The van der Waals surface area contributed by atoms with Crippen molar-refractivity contribution >= 4 is 27.5 Å². The Labute approximate surface area is 235 Å². The van der Waals surface area contributed by atoms with Gasteiger partial charge in [0.15, 0.2) is 5.60 Å². The molecule has 2 aliphatic rings. The maximum Gasteiger partial charge on any atom is 0.251 e. The molecular weight excluding hydrogens is 578 g/mol. The maximum atomic E-state index is 13.2. The third-order valence-electron chi connectivity index (χ3n) is 7.31. The number of fused-ring (bicyclic) bond motifs is 3. The quantitative estimate of drug-likeness (QED) is 0.292. The van der Waals surface area contributed by atoms with Crippen LogP contribution >= 0.6 is 27.5 Å². The van der Waals surface area contributed by atoms with Gasteiger partial charge < -0.3 is 19.5 Å². The van der Waals surface area contributed by atoms with Crippen molar-refractivity contribution in [2.24, 2.45) is 5.92 Å². The normalized spacial score (nSPS) is 25.4. The highest BCUT2D eigenvalue weighted by atomic mass is 79.9. The predicted molar refractivity (Wildman–Crippen MR) is 148 cm³/mol. The molecule has 0 spiro atoms. The summed E-state index contributed by atoms with van der Waals surface area (Å²) in [4.78, 5) is 5.93. The molecule has 38 heavy (non-hydrogen) atoms. The van der Waals surface area contributed by atoms with Crippen LogP contribution in [0.25, 0.3) is 0 Å². The Morgan fingerprint density at radius 2 is 1.84 bits per heavy atom. The van der Waals surface area contributed by atoms with Gasteiger partial charge in [-0.1, -0.05) is 83.8 Å². The van der Waals surface area contributed by atoms with Gasteiger partial charge >= 0.3 is 0 Å². The van der Waals surface area contributed by atoms with Gasteiger partial charge in [0.25, 0.3) is 6.43 Å². The standard InChI is InChI=1S/C27H26BrClF2N2O3.C2H6/c1-33(15-22(30)31)14-17-13-26(34)24-20(12-21(29)32-25(24)35-2)36-27(26,18-8-10-19(28)11-9-18)23(17)16-6-4-3-5-7-16;1-2/h3-12,17,22-23,34H,13-15H2,1-2H3;1-2H3/t17-,23?,26?,27?;/m1./s1. The van der Waals surface area contributed by atoms with Crippen LogP contribution in [0.4, 0.5) is 8.78 Å². The summed E-state index contributed by atoms with van der Waals surface area (Å²) in [5.41, 5.74) is -0.700. The van der Waals surface area contributed by atoms with Gasteiger partial charge in [-0.2, -0.15) is 0 Å². The van der Waals surface area contributed by atoms with E-state index in [1.807, 2.05) is 68.4 Å². The van der Waals surface area contributed by atoms with Crippen LogP contribution in [-0.4, -0.2) is 48.7 Å². The number of halogens is 4. The first-order valence-corrected chi connectivity index (χ1v) is 13.8. The zero-order chi connectivity index (χ0) is 27.7. The molecule has 1 aromatic heterocycles. The molecule has 5 nitrogen and oxygen atoms in total. The van der Waals surface area contributed by atoms with E-state index in [1.165, 1.54) is 7.11 Å². The Hall–Kier alpha value is -2.26. The average Bonchev–Trinajstić information content (AvgIpc) is 3.27. The van der Waals surface area contributed by atoms with E-state index in [9.17, 15) is 13.9 Å². The Bertz CT molecular complexity index is 1250. The third-order valence-corrected chi connectivity index (χ3v) is 8.03. The SMILES string of the molecule is CC.COc1nc(Cl)cc2c1C1(O)C[C@H](CN(C)CC(F)F)C(c3ccccc3)C1(c1ccc(Br)cc1)O2. The first-order valence-electron chi connectivity index (χ1n) is 12.6. The maximum absolute atomic E-state index is 13.2. The number of benzene rings is 2. The minimum atomic E-state index is -2.46. The van der Waals surface area contributed by atoms with E-state index in [2.05, 4.69) is 20.9 Å². The van der Waals surface area contributed by atoms with Gasteiger partial charge in [0.2, 0.25) is 5.88 Å². The second-order valence-corrected chi connectivity index (χ2v) is 10.8. The molecule has 1 N–H and O–H groups in total. The van der Waals surface area contributed by atoms with Crippen molar-refractivity contribution in [3.05, 3.63) is 87.0 Å². The molecule has 0 radical (unpaired) electrons. The first kappa shape index (κ1) is 28.7. The fraction of sp³-hybridized carbons (Fsp3) is 0.414. The largest absolute Gasteiger partial charge is 0.481 e. The summed E-state index contributed by atoms with van der Waals surface area (Å²) >= 11 is 9.78. The van der Waals surface area contributed by atoms with E-state index in [0.717, 1.165) is 15.6 Å². The fourth-order valence-electron chi connectivity index (χ4n) is 6.15. The Kier molecular flexibility index (Phi) is 8.67. The predicted octanol–water partition coefficient (Wildman–Crippen LogP) is 7.01. The fourth-order valence-corrected chi connectivity index (χ4v) is 6.59. The number of nitrogens with zero attached hydrogens (tertiary/aromatic N) is 2. The van der Waals surface area contributed by atoms with Crippen molar-refractivity contribution in [2.75, 3.05) is 27.2 Å². The van der Waals surface area contributed by atoms with Crippen molar-refractivity contribution in [1.82, 2.24) is 9.88 Å². The van der Waals surface area contributed by atoms with Crippen molar-refractivity contribution in [3.8, 4) is 11.6 Å². The minimum Gasteiger partial charge on any atom is -0.481 e. The molecule has 1 aliphatic carbocycles. The zero-order valence-corrected chi connectivity index (χ0v) is 24.1. The lowest BCUT2D eigenvalue weighted by Crippen LogP contribution is -2.48. The number of pyridine rings is 1. The van der Waals surface area contributed by atoms with E-state index in [4.69, 9.17) is 21.1 Å². The summed E-state index contributed by atoms with van der Waals surface area (Å²) in [5, 5.41) is 12.9. The molecule has 204 valence electrons. The number of rotatable bonds is 7. The van der Waals surface area contributed by atoms with Crippen molar-refractivity contribution in [1.29, 1.82) is 0 Å². The highest BCUT2D eigenvalue weighted by Crippen LogP contribution is 2.69. The molecule has 2 heterocycles. The average molecular weight is 610 g/mol. The lowest BCUT2D eigenvalue weighted by molar-refractivity contribution is -0.106. The highest BCUT2D eigenvalue weighted by Gasteiger charge is 2.72. The molecule has 4 atom stereocenters. The van der Waals surface area contributed by atoms with E-state index in [1.54, 1.807) is 18.0 Å². The van der Waals surface area contributed by atoms with Gasteiger partial charge in [0, 0.05) is 23.0 Å². The Morgan fingerprint density at radius 3 is 2.45 bits per heavy atom. The number of ether oxygens (including phenoxy) is 2. The zero-order valence-electron chi connectivity index (χ0n) is 21.8. The van der Waals surface area contributed by atoms with Gasteiger partial charge in [-0.3, -0.25) is 0 Å². The summed E-state index contributed by atoms with van der Waals surface area (Å²) in [6.45, 7) is 3.98. The van der Waals surface area contributed by atoms with Crippen LogP contribution in [0.5, 0.6) is 11.6 Å². The number of methoxy groups -OCH3 is 1. The Morgan fingerprint density at radius 1 is 1.18 bits per heavy atom. The number of aliphatic hydroxyl groups is 1. The third kappa shape index (κ3) is 4.81. The van der Waals surface area contributed by atoms with Crippen molar-refractivity contribution in [2.45, 2.75) is 43.8 Å². The number of alkyl halides is 2. The van der Waals surface area contributed by atoms with Crippen LogP contribution < -0.4 is 9.47 Å². The van der Waals surface area contributed by atoms with E-state index in [-0.39, 0.29) is 35.8 Å². The molecule has 3 aromatic rings. The molecular formula is C29H32BrClF2N2O3. The second kappa shape index (κ2) is 11.5. The van der Waals surface area contributed by atoms with E-state index < -0.39 is 17.6 Å². The topological polar surface area (TPSA) is 54.8 Å². The lowest BCUT2D eigenvalue weighted by atomic mass is 9.71. The number of hydrogen-bond donors (Lipinski definition) is 1. The van der Waals surface area contributed by atoms with Gasteiger partial charge in [0.05, 0.1) is 19.2 Å². The van der Waals surface area contributed by atoms with E-state index >= 15 is 0 Å². The molecule has 0 amide bonds. The van der Waals surface area contributed by atoms with Crippen molar-refractivity contribution < 1.29 is 23.4 Å². The van der Waals surface area contributed by atoms with Crippen LogP contribution in [0.1, 0.15) is 42.9 Å². The molecule has 1 aliphatic heterocycles. The molecule has 3 unspecified atom stereocenters. The van der Waals surface area contributed by atoms with Crippen LogP contribution in [0.2, 0.25) is 5.15 Å². The molecule has 9 heteroatoms. The molecule has 1 fully saturated rings. The summed E-state index contributed by atoms with van der Waals surface area (Å²) in [7, 11) is 3.15. The van der Waals surface area contributed by atoms with E-state index in [0.29, 0.717) is 17.9 Å². The number of hydrogen-bond acceptors (Lipinski definition) is 5. The van der Waals surface area contributed by atoms with Crippen LogP contribution in [0.3, 0.4) is 0 Å². The monoisotopic (exact) mass is 608 g/mol. The molecule has 0 saturated heterocycles. The Balaban J connectivity index is 0.00000164. The van der Waals surface area contributed by atoms with Crippen LogP contribution in [-0.2, 0) is 11.2 Å². The summed E-state index contributed by atoms with van der Waals surface area (Å²) in [6, 6.07) is 19.0. The minimum absolute atomic E-state index is 0.185. The smallest absolute Gasteiger partial charge is 0.251 e. The first-order chi connectivity index (χ1) is 18.2. The lowest BCUT2D eigenvalue weighted by Gasteiger charge is -2.41. The van der Waals surface area contributed by atoms with Gasteiger partial charge in [-0.15, -0.1) is 0 Å². The van der Waals surface area contributed by atoms with Gasteiger partial charge in [-0.25, -0.2) is 13.8 Å². The molecule has 1 saturated carbocycles. The summed E-state index contributed by atoms with van der Waals surface area (Å²) in [6.07, 6.45) is -2.21. The summed E-state index contributed by atoms with van der Waals surface area (Å²) in [5.74, 6) is -0.0100. The highest BCUT2D eigenvalue weighted by molar-refractivity contribution is 9.10.